The van der Waals surface area contributed by atoms with E-state index < -0.39 is 27.5 Å². The summed E-state index contributed by atoms with van der Waals surface area (Å²) < 4.78 is 48.6. The zero-order valence-corrected chi connectivity index (χ0v) is 11.5. The highest BCUT2D eigenvalue weighted by atomic mass is 32.2. The predicted octanol–water partition coefficient (Wildman–Crippen LogP) is 1.68. The first-order valence-corrected chi connectivity index (χ1v) is 7.83. The maximum Gasteiger partial charge on any atom is 0.159 e. The second-order valence-corrected chi connectivity index (χ2v) is 6.74. The van der Waals surface area contributed by atoms with Gasteiger partial charge in [-0.1, -0.05) is 13.0 Å². The van der Waals surface area contributed by atoms with E-state index in [-0.39, 0.29) is 11.5 Å². The Bertz CT molecular complexity index is 520. The maximum atomic E-state index is 13.1. The van der Waals surface area contributed by atoms with Gasteiger partial charge in [-0.05, 0) is 30.5 Å². The van der Waals surface area contributed by atoms with Crippen molar-refractivity contribution in [2.45, 2.75) is 25.8 Å². The lowest BCUT2D eigenvalue weighted by atomic mass is 10.0. The zero-order chi connectivity index (χ0) is 14.5. The third kappa shape index (κ3) is 4.85. The fourth-order valence-corrected chi connectivity index (χ4v) is 2.62. The van der Waals surface area contributed by atoms with E-state index >= 15 is 0 Å². The molecular weight excluding hydrogens is 274 g/mol. The first kappa shape index (κ1) is 16.0. The molecule has 0 radical (unpaired) electrons. The molecule has 0 aromatic heterocycles. The fourth-order valence-electron chi connectivity index (χ4n) is 1.73. The van der Waals surface area contributed by atoms with Crippen molar-refractivity contribution < 1.29 is 17.2 Å². The monoisotopic (exact) mass is 292 g/mol. The average Bonchev–Trinajstić information content (AvgIpc) is 2.38. The Hall–Kier alpha value is -1.05. The molecule has 0 aliphatic rings. The second kappa shape index (κ2) is 6.93. The van der Waals surface area contributed by atoms with Gasteiger partial charge in [-0.3, -0.25) is 11.3 Å². The van der Waals surface area contributed by atoms with E-state index in [0.717, 1.165) is 12.1 Å². The smallest absolute Gasteiger partial charge is 0.159 e. The molecule has 0 aliphatic heterocycles. The number of nitrogens with two attached hydrogens (primary N) is 1. The van der Waals surface area contributed by atoms with Crippen molar-refractivity contribution in [2.75, 3.05) is 11.5 Å². The average molecular weight is 292 g/mol. The van der Waals surface area contributed by atoms with Crippen molar-refractivity contribution in [3.63, 3.8) is 0 Å². The highest BCUT2D eigenvalue weighted by Crippen LogP contribution is 2.20. The van der Waals surface area contributed by atoms with Gasteiger partial charge in [0.05, 0.1) is 5.75 Å². The molecular formula is C12H18F2N2O2S. The van der Waals surface area contributed by atoms with Crippen LogP contribution in [0.25, 0.3) is 0 Å². The molecule has 19 heavy (non-hydrogen) atoms. The predicted molar refractivity (Wildman–Crippen MR) is 70.0 cm³/mol. The molecule has 108 valence electrons. The van der Waals surface area contributed by atoms with E-state index in [1.165, 1.54) is 6.07 Å². The van der Waals surface area contributed by atoms with Crippen LogP contribution in [0, 0.1) is 11.6 Å². The number of benzene rings is 1. The third-order valence-corrected chi connectivity index (χ3v) is 4.73. The molecule has 1 atom stereocenters. The summed E-state index contributed by atoms with van der Waals surface area (Å²) in [6, 6.07) is 3.12. The number of hydrogen-bond donors (Lipinski definition) is 2. The van der Waals surface area contributed by atoms with Gasteiger partial charge in [0.25, 0.3) is 0 Å². The molecule has 0 spiro atoms. The van der Waals surface area contributed by atoms with Crippen LogP contribution < -0.4 is 11.3 Å². The van der Waals surface area contributed by atoms with Gasteiger partial charge >= 0.3 is 0 Å². The van der Waals surface area contributed by atoms with Gasteiger partial charge in [-0.2, -0.15) is 0 Å². The molecule has 0 fully saturated rings. The van der Waals surface area contributed by atoms with Crippen molar-refractivity contribution >= 4 is 9.84 Å². The van der Waals surface area contributed by atoms with Gasteiger partial charge < -0.3 is 0 Å². The lowest BCUT2D eigenvalue weighted by molar-refractivity contribution is 0.484. The molecule has 1 rings (SSSR count). The van der Waals surface area contributed by atoms with Crippen LogP contribution in [0.4, 0.5) is 8.78 Å². The first-order valence-electron chi connectivity index (χ1n) is 6.01. The lowest BCUT2D eigenvalue weighted by Gasteiger charge is -2.16. The first-order chi connectivity index (χ1) is 8.89. The zero-order valence-electron chi connectivity index (χ0n) is 10.7. The SMILES string of the molecule is CCS(=O)(=O)CCCC(NN)c1ccc(F)c(F)c1. The molecule has 0 amide bonds. The third-order valence-electron chi connectivity index (χ3n) is 2.94. The molecule has 0 bridgehead atoms. The van der Waals surface area contributed by atoms with Crippen molar-refractivity contribution in [1.82, 2.24) is 5.43 Å². The summed E-state index contributed by atoms with van der Waals surface area (Å²) in [7, 11) is -3.02. The van der Waals surface area contributed by atoms with Gasteiger partial charge in [0.15, 0.2) is 11.6 Å². The number of nitrogens with one attached hydrogen (secondary N) is 1. The fraction of sp³-hybridized carbons (Fsp3) is 0.500. The van der Waals surface area contributed by atoms with Crippen molar-refractivity contribution in [2.24, 2.45) is 5.84 Å². The van der Waals surface area contributed by atoms with Crippen LogP contribution in [0.1, 0.15) is 31.4 Å². The molecule has 0 saturated heterocycles. The van der Waals surface area contributed by atoms with E-state index in [4.69, 9.17) is 5.84 Å². The minimum atomic E-state index is -3.02. The summed E-state index contributed by atoms with van der Waals surface area (Å²) in [5.74, 6) is 3.65. The summed E-state index contributed by atoms with van der Waals surface area (Å²) in [5.41, 5.74) is 2.98. The summed E-state index contributed by atoms with van der Waals surface area (Å²) in [6.45, 7) is 1.59. The molecule has 0 aliphatic carbocycles. The number of halogens is 2. The van der Waals surface area contributed by atoms with E-state index in [9.17, 15) is 17.2 Å². The largest absolute Gasteiger partial charge is 0.271 e. The van der Waals surface area contributed by atoms with Gasteiger partial charge in [-0.15, -0.1) is 0 Å². The maximum absolute atomic E-state index is 13.1. The molecule has 0 heterocycles. The van der Waals surface area contributed by atoms with E-state index in [1.807, 2.05) is 0 Å². The Morgan fingerprint density at radius 3 is 2.53 bits per heavy atom. The summed E-state index contributed by atoms with van der Waals surface area (Å²) >= 11 is 0. The highest BCUT2D eigenvalue weighted by molar-refractivity contribution is 7.91. The lowest BCUT2D eigenvalue weighted by Crippen LogP contribution is -2.28. The summed E-state index contributed by atoms with van der Waals surface area (Å²) in [4.78, 5) is 0. The number of hydrogen-bond acceptors (Lipinski definition) is 4. The van der Waals surface area contributed by atoms with E-state index in [0.29, 0.717) is 18.4 Å². The van der Waals surface area contributed by atoms with E-state index in [1.54, 1.807) is 6.92 Å². The van der Waals surface area contributed by atoms with E-state index in [2.05, 4.69) is 5.43 Å². The minimum Gasteiger partial charge on any atom is -0.271 e. The normalized spacial score (nSPS) is 13.5. The van der Waals surface area contributed by atoms with Gasteiger partial charge in [-0.25, -0.2) is 17.2 Å². The van der Waals surface area contributed by atoms with Crippen molar-refractivity contribution in [3.8, 4) is 0 Å². The molecule has 1 unspecified atom stereocenters. The van der Waals surface area contributed by atoms with Gasteiger partial charge in [0.2, 0.25) is 0 Å². The topological polar surface area (TPSA) is 72.2 Å². The van der Waals surface area contributed by atoms with Crippen LogP contribution in [0.2, 0.25) is 0 Å². The van der Waals surface area contributed by atoms with Gasteiger partial charge in [0, 0.05) is 11.8 Å². The second-order valence-electron chi connectivity index (χ2n) is 4.27. The van der Waals surface area contributed by atoms with Crippen LogP contribution in [0.3, 0.4) is 0 Å². The standard InChI is InChI=1S/C12H18F2N2O2S/c1-2-19(17,18)7-3-4-12(16-15)9-5-6-10(13)11(14)8-9/h5-6,8,12,16H,2-4,7,15H2,1H3. The Morgan fingerprint density at radius 2 is 2.00 bits per heavy atom. The Morgan fingerprint density at radius 1 is 1.32 bits per heavy atom. The number of hydrazine groups is 1. The minimum absolute atomic E-state index is 0.0609. The highest BCUT2D eigenvalue weighted by Gasteiger charge is 2.14. The van der Waals surface area contributed by atoms with Crippen LogP contribution in [0.5, 0.6) is 0 Å². The van der Waals surface area contributed by atoms with Crippen LogP contribution in [-0.2, 0) is 9.84 Å². The van der Waals surface area contributed by atoms with Crippen molar-refractivity contribution in [1.29, 1.82) is 0 Å². The van der Waals surface area contributed by atoms with Gasteiger partial charge in [0.1, 0.15) is 9.84 Å². The molecule has 7 heteroatoms. The molecule has 3 N–H and O–H groups in total. The van der Waals surface area contributed by atoms with Crippen LogP contribution >= 0.6 is 0 Å². The molecule has 4 nitrogen and oxygen atoms in total. The Balaban J connectivity index is 2.66. The summed E-state index contributed by atoms with van der Waals surface area (Å²) in [6.07, 6.45) is 0.838. The van der Waals surface area contributed by atoms with Crippen LogP contribution in [-0.4, -0.2) is 19.9 Å². The summed E-state index contributed by atoms with van der Waals surface area (Å²) in [5, 5.41) is 0. The molecule has 1 aromatic rings. The Kier molecular flexibility index (Phi) is 5.84. The molecule has 1 aromatic carbocycles. The van der Waals surface area contributed by atoms with Crippen LogP contribution in [0.15, 0.2) is 18.2 Å². The van der Waals surface area contributed by atoms with Crippen molar-refractivity contribution in [3.05, 3.63) is 35.4 Å². The Labute approximate surface area is 111 Å². The number of sulfone groups is 1. The quantitative estimate of drug-likeness (QED) is 0.592. The number of rotatable bonds is 7. The molecule has 0 saturated carbocycles.